The lowest BCUT2D eigenvalue weighted by molar-refractivity contribution is -0.124. The predicted molar refractivity (Wildman–Crippen MR) is 103 cm³/mol. The minimum Gasteiger partial charge on any atom is -0.457 e. The molecule has 1 saturated heterocycles. The number of halogens is 1. The summed E-state index contributed by atoms with van der Waals surface area (Å²) in [6.45, 7) is 3.05. The molecule has 10 heteroatoms. The summed E-state index contributed by atoms with van der Waals surface area (Å²) in [5.74, 6) is 0.528. The second-order valence-electron chi connectivity index (χ2n) is 6.59. The second kappa shape index (κ2) is 7.69. The fourth-order valence-corrected chi connectivity index (χ4v) is 4.18. The third-order valence-corrected chi connectivity index (χ3v) is 6.37. The maximum atomic E-state index is 12.6. The van der Waals surface area contributed by atoms with Crippen molar-refractivity contribution in [3.05, 3.63) is 53.6 Å². The van der Waals surface area contributed by atoms with Crippen LogP contribution in [0.25, 0.3) is 0 Å². The van der Waals surface area contributed by atoms with Gasteiger partial charge in [0.2, 0.25) is 15.9 Å². The third-order valence-electron chi connectivity index (χ3n) is 4.56. The summed E-state index contributed by atoms with van der Waals surface area (Å²) in [6.07, 6.45) is -1.23. The van der Waals surface area contributed by atoms with Crippen LogP contribution in [0.3, 0.4) is 0 Å². The molecular weight excluding hydrogens is 406 g/mol. The van der Waals surface area contributed by atoms with Crippen molar-refractivity contribution in [2.45, 2.75) is 36.7 Å². The van der Waals surface area contributed by atoms with E-state index in [9.17, 15) is 18.3 Å². The van der Waals surface area contributed by atoms with Crippen LogP contribution < -0.4 is 20.1 Å². The van der Waals surface area contributed by atoms with Gasteiger partial charge in [0.1, 0.15) is 17.0 Å². The quantitative estimate of drug-likeness (QED) is 0.558. The van der Waals surface area contributed by atoms with E-state index in [1.807, 2.05) is 0 Å². The molecule has 1 fully saturated rings. The van der Waals surface area contributed by atoms with E-state index in [1.54, 1.807) is 31.2 Å². The van der Waals surface area contributed by atoms with Crippen molar-refractivity contribution in [3.63, 3.8) is 0 Å². The molecule has 8 nitrogen and oxygen atoms in total. The lowest BCUT2D eigenvalue weighted by Crippen LogP contribution is -2.59. The topological polar surface area (TPSA) is 117 Å². The van der Waals surface area contributed by atoms with Crippen molar-refractivity contribution < 1.29 is 23.1 Å². The highest BCUT2D eigenvalue weighted by Crippen LogP contribution is 2.25. The summed E-state index contributed by atoms with van der Waals surface area (Å²) in [5.41, 5.74) is -1.29. The molecule has 1 aliphatic rings. The average Bonchev–Trinajstić information content (AvgIpc) is 2.90. The van der Waals surface area contributed by atoms with Crippen LogP contribution in [0, 0.1) is 0 Å². The molecular formula is C18H20ClN3O5S. The van der Waals surface area contributed by atoms with Gasteiger partial charge in [-0.2, -0.15) is 0 Å². The lowest BCUT2D eigenvalue weighted by atomic mass is 9.95. The standard InChI is InChI=1S/C18H20ClN3O5S/c1-11(18(2)16(23)20-17(24)21-18)22-28(25,26)15-9-7-14(8-10-15)27-13-5-3-12(19)4-6-13/h3-11,17,21-22,24H,1-2H3,(H,20,23)/t11-,17?,18-/m1/s1. The van der Waals surface area contributed by atoms with E-state index in [2.05, 4.69) is 15.4 Å². The Morgan fingerprint density at radius 1 is 1.14 bits per heavy atom. The number of nitrogens with one attached hydrogen (secondary N) is 3. The normalized spacial score (nSPS) is 23.3. The number of carbonyl (C=O) groups is 1. The molecule has 2 aromatic carbocycles. The van der Waals surface area contributed by atoms with Crippen LogP contribution in [0.5, 0.6) is 11.5 Å². The molecule has 0 bridgehead atoms. The Balaban J connectivity index is 1.71. The van der Waals surface area contributed by atoms with Crippen LogP contribution in [-0.2, 0) is 14.8 Å². The molecule has 0 aliphatic carbocycles. The van der Waals surface area contributed by atoms with E-state index in [0.717, 1.165) is 0 Å². The number of amides is 1. The molecule has 4 N–H and O–H groups in total. The molecule has 1 heterocycles. The van der Waals surface area contributed by atoms with Crippen LogP contribution in [0.1, 0.15) is 13.8 Å². The molecule has 1 unspecified atom stereocenters. The average molecular weight is 426 g/mol. The van der Waals surface area contributed by atoms with Crippen molar-refractivity contribution in [2.75, 3.05) is 0 Å². The summed E-state index contributed by atoms with van der Waals surface area (Å²) in [6, 6.07) is 11.8. The Bertz CT molecular complexity index is 966. The number of aliphatic hydroxyl groups is 1. The van der Waals surface area contributed by atoms with Gasteiger partial charge < -0.3 is 15.2 Å². The smallest absolute Gasteiger partial charge is 0.244 e. The number of carbonyl (C=O) groups excluding carboxylic acids is 1. The second-order valence-corrected chi connectivity index (χ2v) is 8.74. The maximum Gasteiger partial charge on any atom is 0.244 e. The molecule has 2 aromatic rings. The van der Waals surface area contributed by atoms with E-state index in [-0.39, 0.29) is 4.90 Å². The molecule has 0 saturated carbocycles. The first-order chi connectivity index (χ1) is 13.1. The Labute approximate surface area is 167 Å². The highest BCUT2D eigenvalue weighted by Gasteiger charge is 2.47. The van der Waals surface area contributed by atoms with Gasteiger partial charge in [-0.25, -0.2) is 13.1 Å². The Morgan fingerprint density at radius 3 is 2.18 bits per heavy atom. The van der Waals surface area contributed by atoms with Crippen LogP contribution in [0.4, 0.5) is 0 Å². The van der Waals surface area contributed by atoms with Gasteiger partial charge in [0.15, 0.2) is 6.35 Å². The highest BCUT2D eigenvalue weighted by molar-refractivity contribution is 7.89. The zero-order chi connectivity index (χ0) is 20.5. The number of sulfonamides is 1. The van der Waals surface area contributed by atoms with Crippen molar-refractivity contribution in [1.29, 1.82) is 0 Å². The molecule has 150 valence electrons. The first-order valence-corrected chi connectivity index (χ1v) is 10.3. The fraction of sp³-hybridized carbons (Fsp3) is 0.278. The van der Waals surface area contributed by atoms with Gasteiger partial charge in [0.25, 0.3) is 0 Å². The van der Waals surface area contributed by atoms with Gasteiger partial charge in [0, 0.05) is 11.1 Å². The summed E-state index contributed by atoms with van der Waals surface area (Å²) < 4.78 is 33.4. The van der Waals surface area contributed by atoms with Crippen LogP contribution in [0.15, 0.2) is 53.4 Å². The van der Waals surface area contributed by atoms with E-state index >= 15 is 0 Å². The van der Waals surface area contributed by atoms with E-state index in [1.165, 1.54) is 31.2 Å². The zero-order valence-corrected chi connectivity index (χ0v) is 16.7. The molecule has 0 aromatic heterocycles. The number of rotatable bonds is 6. The Morgan fingerprint density at radius 2 is 1.68 bits per heavy atom. The first kappa shape index (κ1) is 20.6. The van der Waals surface area contributed by atoms with Crippen molar-refractivity contribution >= 4 is 27.5 Å². The number of aliphatic hydroxyl groups excluding tert-OH is 1. The number of benzene rings is 2. The number of hydrogen-bond donors (Lipinski definition) is 4. The predicted octanol–water partition coefficient (Wildman–Crippen LogP) is 1.55. The van der Waals surface area contributed by atoms with Crippen molar-refractivity contribution in [2.24, 2.45) is 0 Å². The van der Waals surface area contributed by atoms with Crippen molar-refractivity contribution in [3.8, 4) is 11.5 Å². The maximum absolute atomic E-state index is 12.6. The molecule has 0 spiro atoms. The molecule has 28 heavy (non-hydrogen) atoms. The first-order valence-electron chi connectivity index (χ1n) is 8.43. The monoisotopic (exact) mass is 425 g/mol. The fourth-order valence-electron chi connectivity index (χ4n) is 2.73. The molecule has 3 atom stereocenters. The number of hydrogen-bond acceptors (Lipinski definition) is 6. The summed E-state index contributed by atoms with van der Waals surface area (Å²) >= 11 is 5.83. The van der Waals surface area contributed by atoms with E-state index in [4.69, 9.17) is 16.3 Å². The Kier molecular flexibility index (Phi) is 5.64. The van der Waals surface area contributed by atoms with Gasteiger partial charge in [-0.05, 0) is 62.4 Å². The minimum atomic E-state index is -3.90. The highest BCUT2D eigenvalue weighted by atomic mass is 35.5. The van der Waals surface area contributed by atoms with E-state index in [0.29, 0.717) is 16.5 Å². The van der Waals surface area contributed by atoms with Gasteiger partial charge >= 0.3 is 0 Å². The number of ether oxygens (including phenoxy) is 1. The van der Waals surface area contributed by atoms with E-state index < -0.39 is 33.9 Å². The molecule has 3 rings (SSSR count). The third kappa shape index (κ3) is 4.29. The zero-order valence-electron chi connectivity index (χ0n) is 15.1. The minimum absolute atomic E-state index is 0.0189. The van der Waals surface area contributed by atoms with Crippen molar-refractivity contribution in [1.82, 2.24) is 15.4 Å². The van der Waals surface area contributed by atoms with Crippen LogP contribution in [-0.4, -0.2) is 37.4 Å². The van der Waals surface area contributed by atoms with Gasteiger partial charge in [-0.3, -0.25) is 10.1 Å². The molecule has 1 amide bonds. The lowest BCUT2D eigenvalue weighted by Gasteiger charge is -2.29. The largest absolute Gasteiger partial charge is 0.457 e. The Hall–Kier alpha value is -2.17. The molecule has 0 radical (unpaired) electrons. The SMILES string of the molecule is C[C@@H](NS(=O)(=O)c1ccc(Oc2ccc(Cl)cc2)cc1)[C@@]1(C)NC(O)NC1=O. The summed E-state index contributed by atoms with van der Waals surface area (Å²) in [4.78, 5) is 12.0. The van der Waals surface area contributed by atoms with Gasteiger partial charge in [-0.15, -0.1) is 0 Å². The van der Waals surface area contributed by atoms with Gasteiger partial charge in [0.05, 0.1) is 4.90 Å². The molecule has 1 aliphatic heterocycles. The summed E-state index contributed by atoms with van der Waals surface area (Å²) in [5, 5.41) is 15.0. The van der Waals surface area contributed by atoms with Crippen LogP contribution in [0.2, 0.25) is 5.02 Å². The summed E-state index contributed by atoms with van der Waals surface area (Å²) in [7, 11) is -3.90. The van der Waals surface area contributed by atoms with Gasteiger partial charge in [-0.1, -0.05) is 11.6 Å². The van der Waals surface area contributed by atoms with Crippen LogP contribution >= 0.6 is 11.6 Å².